The highest BCUT2D eigenvalue weighted by atomic mass is 35.5. The van der Waals surface area contributed by atoms with Crippen molar-refractivity contribution in [1.82, 2.24) is 10.3 Å². The Labute approximate surface area is 96.0 Å². The molecule has 1 fully saturated rings. The van der Waals surface area contributed by atoms with Crippen molar-refractivity contribution in [1.29, 1.82) is 0 Å². The molecular formula is C10H16ClN3O. The molecule has 84 valence electrons. The maximum absolute atomic E-state index is 5.09. The van der Waals surface area contributed by atoms with Gasteiger partial charge in [-0.1, -0.05) is 6.07 Å². The van der Waals surface area contributed by atoms with Crippen LogP contribution in [0, 0.1) is 0 Å². The Morgan fingerprint density at radius 3 is 2.73 bits per heavy atom. The minimum Gasteiger partial charge on any atom is -0.481 e. The Morgan fingerprint density at radius 2 is 2.07 bits per heavy atom. The third-order valence-electron chi connectivity index (χ3n) is 2.36. The molecule has 1 aliphatic heterocycles. The highest BCUT2D eigenvalue weighted by Gasteiger charge is 2.11. The van der Waals surface area contributed by atoms with E-state index in [4.69, 9.17) is 4.74 Å². The molecule has 4 nitrogen and oxygen atoms in total. The van der Waals surface area contributed by atoms with Gasteiger partial charge in [-0.05, 0) is 6.07 Å². The van der Waals surface area contributed by atoms with Gasteiger partial charge in [0.15, 0.2) is 0 Å². The fourth-order valence-corrected chi connectivity index (χ4v) is 1.59. The lowest BCUT2D eigenvalue weighted by atomic mass is 10.3. The topological polar surface area (TPSA) is 37.4 Å². The first kappa shape index (κ1) is 12.1. The highest BCUT2D eigenvalue weighted by Crippen LogP contribution is 2.15. The van der Waals surface area contributed by atoms with Crippen LogP contribution in [0.25, 0.3) is 0 Å². The molecule has 0 unspecified atom stereocenters. The van der Waals surface area contributed by atoms with Crippen molar-refractivity contribution in [3.63, 3.8) is 0 Å². The summed E-state index contributed by atoms with van der Waals surface area (Å²) < 4.78 is 5.09. The molecular weight excluding hydrogens is 214 g/mol. The first-order valence-corrected chi connectivity index (χ1v) is 4.87. The monoisotopic (exact) mass is 229 g/mol. The lowest BCUT2D eigenvalue weighted by Gasteiger charge is -2.28. The van der Waals surface area contributed by atoms with E-state index in [-0.39, 0.29) is 12.4 Å². The summed E-state index contributed by atoms with van der Waals surface area (Å²) in [7, 11) is 1.64. The molecule has 1 saturated heterocycles. The molecule has 1 N–H and O–H groups in total. The van der Waals surface area contributed by atoms with E-state index in [1.165, 1.54) is 0 Å². The number of ether oxygens (including phenoxy) is 1. The molecule has 0 aliphatic carbocycles. The smallest absolute Gasteiger partial charge is 0.214 e. The van der Waals surface area contributed by atoms with Gasteiger partial charge < -0.3 is 15.0 Å². The van der Waals surface area contributed by atoms with Crippen LogP contribution in [-0.2, 0) is 0 Å². The molecule has 1 aliphatic rings. The molecule has 5 heteroatoms. The normalized spacial score (nSPS) is 15.7. The van der Waals surface area contributed by atoms with Crippen molar-refractivity contribution in [2.75, 3.05) is 38.2 Å². The van der Waals surface area contributed by atoms with Gasteiger partial charge in [-0.25, -0.2) is 0 Å². The van der Waals surface area contributed by atoms with Crippen molar-refractivity contribution in [3.05, 3.63) is 18.2 Å². The van der Waals surface area contributed by atoms with Crippen LogP contribution >= 0.6 is 12.4 Å². The Morgan fingerprint density at radius 1 is 1.33 bits per heavy atom. The van der Waals surface area contributed by atoms with E-state index in [2.05, 4.69) is 15.2 Å². The molecule has 0 atom stereocenters. The number of methoxy groups -OCH3 is 1. The number of nitrogens with one attached hydrogen (secondary N) is 1. The summed E-state index contributed by atoms with van der Waals surface area (Å²) in [6.45, 7) is 4.08. The molecule has 1 aromatic rings. The molecule has 2 rings (SSSR count). The van der Waals surface area contributed by atoms with Crippen molar-refractivity contribution in [2.45, 2.75) is 0 Å². The number of halogens is 1. The first-order valence-electron chi connectivity index (χ1n) is 4.87. The van der Waals surface area contributed by atoms with Crippen LogP contribution in [0.2, 0.25) is 0 Å². The van der Waals surface area contributed by atoms with E-state index in [0.717, 1.165) is 32.0 Å². The van der Waals surface area contributed by atoms with Crippen LogP contribution in [0.4, 0.5) is 5.82 Å². The maximum atomic E-state index is 5.09. The molecule has 0 saturated carbocycles. The number of hydrogen-bond donors (Lipinski definition) is 1. The summed E-state index contributed by atoms with van der Waals surface area (Å²) in [5.74, 6) is 1.69. The zero-order chi connectivity index (χ0) is 9.80. The number of piperazine rings is 1. The summed E-state index contributed by atoms with van der Waals surface area (Å²) >= 11 is 0. The number of rotatable bonds is 2. The molecule has 0 bridgehead atoms. The molecule has 1 aromatic heterocycles. The molecule has 0 radical (unpaired) electrons. The van der Waals surface area contributed by atoms with Gasteiger partial charge in [-0.2, -0.15) is 4.98 Å². The predicted molar refractivity (Wildman–Crippen MR) is 63.1 cm³/mol. The fourth-order valence-electron chi connectivity index (χ4n) is 1.59. The SMILES string of the molecule is COc1cccc(N2CCNCC2)n1.Cl. The number of nitrogens with zero attached hydrogens (tertiary/aromatic N) is 2. The van der Waals surface area contributed by atoms with E-state index in [0.29, 0.717) is 5.88 Å². The fraction of sp³-hybridized carbons (Fsp3) is 0.500. The summed E-state index contributed by atoms with van der Waals surface area (Å²) in [6, 6.07) is 5.86. The number of aromatic nitrogens is 1. The van der Waals surface area contributed by atoms with Gasteiger partial charge in [0, 0.05) is 32.2 Å². The largest absolute Gasteiger partial charge is 0.481 e. The third-order valence-corrected chi connectivity index (χ3v) is 2.36. The van der Waals surface area contributed by atoms with Crippen LogP contribution in [0.15, 0.2) is 18.2 Å². The molecule has 0 amide bonds. The zero-order valence-corrected chi connectivity index (χ0v) is 9.59. The van der Waals surface area contributed by atoms with E-state index in [1.54, 1.807) is 7.11 Å². The number of hydrogen-bond acceptors (Lipinski definition) is 4. The van der Waals surface area contributed by atoms with Crippen LogP contribution < -0.4 is 15.0 Å². The van der Waals surface area contributed by atoms with Crippen LogP contribution in [0.3, 0.4) is 0 Å². The summed E-state index contributed by atoms with van der Waals surface area (Å²) in [4.78, 5) is 6.65. The lowest BCUT2D eigenvalue weighted by Crippen LogP contribution is -2.43. The lowest BCUT2D eigenvalue weighted by molar-refractivity contribution is 0.397. The van der Waals surface area contributed by atoms with Crippen molar-refractivity contribution < 1.29 is 4.74 Å². The predicted octanol–water partition coefficient (Wildman–Crippen LogP) is 0.922. The summed E-state index contributed by atoms with van der Waals surface area (Å²) in [5.41, 5.74) is 0. The van der Waals surface area contributed by atoms with Crippen molar-refractivity contribution in [2.24, 2.45) is 0 Å². The van der Waals surface area contributed by atoms with Crippen LogP contribution in [0.1, 0.15) is 0 Å². The third kappa shape index (κ3) is 2.97. The molecule has 15 heavy (non-hydrogen) atoms. The standard InChI is InChI=1S/C10H15N3O.ClH/c1-14-10-4-2-3-9(12-10)13-7-5-11-6-8-13;/h2-4,11H,5-8H2,1H3;1H. The quantitative estimate of drug-likeness (QED) is 0.819. The van der Waals surface area contributed by atoms with Gasteiger partial charge >= 0.3 is 0 Å². The number of anilines is 1. The van der Waals surface area contributed by atoms with Gasteiger partial charge in [0.1, 0.15) is 5.82 Å². The Balaban J connectivity index is 0.00000112. The summed E-state index contributed by atoms with van der Waals surface area (Å²) in [5, 5.41) is 3.31. The van der Waals surface area contributed by atoms with E-state index < -0.39 is 0 Å². The van der Waals surface area contributed by atoms with E-state index >= 15 is 0 Å². The Kier molecular flexibility index (Phi) is 4.65. The maximum Gasteiger partial charge on any atom is 0.214 e. The van der Waals surface area contributed by atoms with Crippen molar-refractivity contribution in [3.8, 4) is 5.88 Å². The van der Waals surface area contributed by atoms with Gasteiger partial charge in [0.2, 0.25) is 5.88 Å². The van der Waals surface area contributed by atoms with Crippen LogP contribution in [-0.4, -0.2) is 38.3 Å². The first-order chi connectivity index (χ1) is 6.90. The zero-order valence-electron chi connectivity index (χ0n) is 8.77. The molecule has 2 heterocycles. The molecule has 0 aromatic carbocycles. The second kappa shape index (κ2) is 5.78. The van der Waals surface area contributed by atoms with Gasteiger partial charge in [-0.3, -0.25) is 0 Å². The van der Waals surface area contributed by atoms with Gasteiger partial charge in [-0.15, -0.1) is 12.4 Å². The second-order valence-corrected chi connectivity index (χ2v) is 3.28. The van der Waals surface area contributed by atoms with E-state index in [1.807, 2.05) is 18.2 Å². The minimum absolute atomic E-state index is 0. The van der Waals surface area contributed by atoms with Crippen molar-refractivity contribution >= 4 is 18.2 Å². The molecule has 0 spiro atoms. The highest BCUT2D eigenvalue weighted by molar-refractivity contribution is 5.85. The Hall–Kier alpha value is -1.00. The number of pyridine rings is 1. The Bertz CT molecular complexity index is 302. The average Bonchev–Trinajstić information content (AvgIpc) is 2.30. The van der Waals surface area contributed by atoms with Crippen LogP contribution in [0.5, 0.6) is 5.88 Å². The second-order valence-electron chi connectivity index (χ2n) is 3.28. The van der Waals surface area contributed by atoms with Gasteiger partial charge in [0.25, 0.3) is 0 Å². The van der Waals surface area contributed by atoms with E-state index in [9.17, 15) is 0 Å². The summed E-state index contributed by atoms with van der Waals surface area (Å²) in [6.07, 6.45) is 0. The van der Waals surface area contributed by atoms with Gasteiger partial charge in [0.05, 0.1) is 7.11 Å². The average molecular weight is 230 g/mol. The minimum atomic E-state index is 0.